The first-order chi connectivity index (χ1) is 20.5. The van der Waals surface area contributed by atoms with Gasteiger partial charge in [0.05, 0.1) is 47.4 Å². The minimum absolute atomic E-state index is 0.180. The number of nitrogens with zero attached hydrogens (tertiary/aromatic N) is 3. The molecule has 0 aliphatic carbocycles. The predicted molar refractivity (Wildman–Crippen MR) is 165 cm³/mol. The van der Waals surface area contributed by atoms with Gasteiger partial charge in [-0.3, -0.25) is 9.89 Å². The number of nitrogens with one attached hydrogen (secondary N) is 1. The number of piperazine rings is 1. The van der Waals surface area contributed by atoms with Crippen LogP contribution in [-0.4, -0.2) is 81.2 Å². The molecule has 0 spiro atoms. The number of aliphatic imine (C=N–C) groups is 1. The molecule has 3 heterocycles. The van der Waals surface area contributed by atoms with Crippen molar-refractivity contribution in [2.45, 2.75) is 18.9 Å². The quantitative estimate of drug-likeness (QED) is 0.218. The average molecular weight is 612 g/mol. The first kappa shape index (κ1) is 30.3. The second-order valence-corrected chi connectivity index (χ2v) is 11.3. The number of carbonyl (C=O) groups is 1. The molecule has 0 bridgehead atoms. The van der Waals surface area contributed by atoms with Crippen molar-refractivity contribution in [3.63, 3.8) is 0 Å². The molecule has 0 saturated carbocycles. The minimum Gasteiger partial charge on any atom is -0.462 e. The summed E-state index contributed by atoms with van der Waals surface area (Å²) in [6, 6.07) is 18.3. The van der Waals surface area contributed by atoms with E-state index in [1.807, 2.05) is 30.3 Å². The lowest BCUT2D eigenvalue weighted by Crippen LogP contribution is -2.45. The summed E-state index contributed by atoms with van der Waals surface area (Å²) in [5.41, 5.74) is 2.87. The van der Waals surface area contributed by atoms with E-state index < -0.39 is 12.0 Å². The molecule has 0 amide bonds. The smallest absolute Gasteiger partial charge is 0.338 e. The number of furan rings is 1. The van der Waals surface area contributed by atoms with Gasteiger partial charge in [-0.15, -0.1) is 0 Å². The standard InChI is InChI=1S/C32H36Cl2N4O4/c1-37-13-15-38(16-14-37)17-20-40-22-27-29(32(39)42-19-5-9-23-7-3-2-4-8-23)30(24-11-12-25(33)26(34)21-24)36-31(35-27)28-10-6-18-41-28/h2-4,6-8,10-12,18,21,30H,5,9,13-17,19-20,22H2,1H3,(H,35,36). The van der Waals surface area contributed by atoms with E-state index in [2.05, 4.69) is 34.3 Å². The highest BCUT2D eigenvalue weighted by Crippen LogP contribution is 2.35. The van der Waals surface area contributed by atoms with Crippen LogP contribution >= 0.6 is 23.2 Å². The zero-order valence-corrected chi connectivity index (χ0v) is 25.2. The van der Waals surface area contributed by atoms with Crippen LogP contribution in [0.25, 0.3) is 0 Å². The highest BCUT2D eigenvalue weighted by molar-refractivity contribution is 6.42. The monoisotopic (exact) mass is 610 g/mol. The van der Waals surface area contributed by atoms with Crippen molar-refractivity contribution < 1.29 is 18.7 Å². The third-order valence-electron chi connectivity index (χ3n) is 7.44. The summed E-state index contributed by atoms with van der Waals surface area (Å²) >= 11 is 12.6. The maximum atomic E-state index is 13.7. The van der Waals surface area contributed by atoms with Gasteiger partial charge in [-0.1, -0.05) is 59.6 Å². The third kappa shape index (κ3) is 8.02. The Morgan fingerprint density at radius 2 is 1.83 bits per heavy atom. The van der Waals surface area contributed by atoms with Gasteiger partial charge in [-0.05, 0) is 55.3 Å². The van der Waals surface area contributed by atoms with Gasteiger partial charge >= 0.3 is 5.97 Å². The van der Waals surface area contributed by atoms with E-state index in [4.69, 9.17) is 42.1 Å². The number of aryl methyl sites for hydroxylation is 1. The molecule has 1 saturated heterocycles. The molecule has 2 aliphatic rings. The van der Waals surface area contributed by atoms with Gasteiger partial charge < -0.3 is 24.1 Å². The van der Waals surface area contributed by atoms with Crippen LogP contribution in [0.5, 0.6) is 0 Å². The van der Waals surface area contributed by atoms with Gasteiger partial charge in [-0.25, -0.2) is 4.79 Å². The number of hydrogen-bond acceptors (Lipinski definition) is 8. The van der Waals surface area contributed by atoms with Crippen molar-refractivity contribution in [3.05, 3.63) is 105 Å². The fourth-order valence-electron chi connectivity index (χ4n) is 5.02. The molecule has 5 rings (SSSR count). The summed E-state index contributed by atoms with van der Waals surface area (Å²) in [5, 5.41) is 4.10. The highest BCUT2D eigenvalue weighted by Gasteiger charge is 2.33. The van der Waals surface area contributed by atoms with Crippen molar-refractivity contribution >= 4 is 35.0 Å². The fourth-order valence-corrected chi connectivity index (χ4v) is 5.32. The van der Waals surface area contributed by atoms with E-state index in [0.717, 1.165) is 39.1 Å². The molecule has 2 aliphatic heterocycles. The molecule has 8 nitrogen and oxygen atoms in total. The predicted octanol–water partition coefficient (Wildman–Crippen LogP) is 5.37. The Morgan fingerprint density at radius 3 is 2.57 bits per heavy atom. The van der Waals surface area contributed by atoms with Crippen molar-refractivity contribution in [3.8, 4) is 0 Å². The maximum Gasteiger partial charge on any atom is 0.338 e. The first-order valence-corrected chi connectivity index (χ1v) is 15.0. The van der Waals surface area contributed by atoms with Crippen molar-refractivity contribution in [1.82, 2.24) is 15.1 Å². The van der Waals surface area contributed by atoms with Gasteiger partial charge in [0.15, 0.2) is 11.6 Å². The molecular formula is C32H36Cl2N4O4. The molecule has 42 heavy (non-hydrogen) atoms. The molecule has 1 aromatic heterocycles. The summed E-state index contributed by atoms with van der Waals surface area (Å²) in [7, 11) is 2.14. The Bertz CT molecular complexity index is 1390. The van der Waals surface area contributed by atoms with Crippen LogP contribution in [-0.2, 0) is 20.7 Å². The Labute approximate surface area is 256 Å². The van der Waals surface area contributed by atoms with E-state index in [1.165, 1.54) is 5.56 Å². The van der Waals surface area contributed by atoms with Gasteiger partial charge in [0, 0.05) is 32.7 Å². The molecule has 1 atom stereocenters. The van der Waals surface area contributed by atoms with Crippen LogP contribution in [0.15, 0.2) is 87.6 Å². The zero-order chi connectivity index (χ0) is 29.3. The Morgan fingerprint density at radius 1 is 1.02 bits per heavy atom. The van der Waals surface area contributed by atoms with Crippen LogP contribution < -0.4 is 5.32 Å². The number of ether oxygens (including phenoxy) is 2. The lowest BCUT2D eigenvalue weighted by Gasteiger charge is -2.32. The molecule has 2 aromatic carbocycles. The zero-order valence-electron chi connectivity index (χ0n) is 23.7. The number of esters is 1. The Hall–Kier alpha value is -3.14. The SMILES string of the molecule is CN1CCN(CCOCC2=C(C(=O)OCCCc3ccccc3)C(c3ccc(Cl)c(Cl)c3)N=C(c3ccco3)N2)CC1. The number of halogens is 2. The van der Waals surface area contributed by atoms with Gasteiger partial charge in [0.25, 0.3) is 0 Å². The van der Waals surface area contributed by atoms with E-state index in [-0.39, 0.29) is 13.2 Å². The third-order valence-corrected chi connectivity index (χ3v) is 8.18. The highest BCUT2D eigenvalue weighted by atomic mass is 35.5. The summed E-state index contributed by atoms with van der Waals surface area (Å²) in [6.07, 6.45) is 3.09. The van der Waals surface area contributed by atoms with Crippen LogP contribution in [0.4, 0.5) is 0 Å². The topological polar surface area (TPSA) is 79.5 Å². The molecule has 1 N–H and O–H groups in total. The second kappa shape index (κ2) is 14.8. The fraction of sp³-hybridized carbons (Fsp3) is 0.375. The summed E-state index contributed by atoms with van der Waals surface area (Å²) in [5.74, 6) is 0.589. The van der Waals surface area contributed by atoms with Crippen molar-refractivity contribution in [2.24, 2.45) is 4.99 Å². The number of amidine groups is 1. The molecule has 222 valence electrons. The van der Waals surface area contributed by atoms with Gasteiger partial charge in [-0.2, -0.15) is 0 Å². The maximum absolute atomic E-state index is 13.7. The van der Waals surface area contributed by atoms with Gasteiger partial charge in [0.1, 0.15) is 6.04 Å². The Kier molecular flexibility index (Phi) is 10.7. The molecule has 1 fully saturated rings. The average Bonchev–Trinajstić information content (AvgIpc) is 3.55. The van der Waals surface area contributed by atoms with E-state index in [0.29, 0.717) is 51.5 Å². The molecule has 10 heteroatoms. The normalized spacial score (nSPS) is 18.1. The van der Waals surface area contributed by atoms with Crippen LogP contribution in [0.2, 0.25) is 10.0 Å². The minimum atomic E-state index is -0.695. The number of rotatable bonds is 12. The largest absolute Gasteiger partial charge is 0.462 e. The number of carbonyl (C=O) groups excluding carboxylic acids is 1. The summed E-state index contributed by atoms with van der Waals surface area (Å²) in [6.45, 7) is 5.90. The number of hydrogen-bond donors (Lipinski definition) is 1. The molecule has 0 radical (unpaired) electrons. The molecular weight excluding hydrogens is 575 g/mol. The lowest BCUT2D eigenvalue weighted by atomic mass is 9.95. The Balaban J connectivity index is 1.36. The number of benzene rings is 2. The second-order valence-electron chi connectivity index (χ2n) is 10.5. The summed E-state index contributed by atoms with van der Waals surface area (Å²) < 4.78 is 17.6. The lowest BCUT2D eigenvalue weighted by molar-refractivity contribution is -0.139. The van der Waals surface area contributed by atoms with E-state index >= 15 is 0 Å². The van der Waals surface area contributed by atoms with Crippen LogP contribution in [0.1, 0.15) is 29.3 Å². The van der Waals surface area contributed by atoms with Crippen LogP contribution in [0, 0.1) is 0 Å². The van der Waals surface area contributed by atoms with E-state index in [1.54, 1.807) is 24.5 Å². The first-order valence-electron chi connectivity index (χ1n) is 14.2. The molecule has 3 aromatic rings. The van der Waals surface area contributed by atoms with Crippen molar-refractivity contribution in [1.29, 1.82) is 0 Å². The van der Waals surface area contributed by atoms with Gasteiger partial charge in [0.2, 0.25) is 0 Å². The number of likely N-dealkylation sites (N-methyl/N-ethyl adjacent to an activating group) is 1. The van der Waals surface area contributed by atoms with E-state index in [9.17, 15) is 4.79 Å². The summed E-state index contributed by atoms with van der Waals surface area (Å²) in [4.78, 5) is 23.3. The van der Waals surface area contributed by atoms with Crippen molar-refractivity contribution in [2.75, 3.05) is 59.6 Å². The molecule has 1 unspecified atom stereocenters. The van der Waals surface area contributed by atoms with Crippen LogP contribution in [0.3, 0.4) is 0 Å².